The molecule has 0 saturated carbocycles. The van der Waals surface area contributed by atoms with Crippen LogP contribution in [-0.2, 0) is 13.6 Å². The van der Waals surface area contributed by atoms with Crippen molar-refractivity contribution in [3.8, 4) is 5.75 Å². The average molecular weight is 316 g/mol. The van der Waals surface area contributed by atoms with Gasteiger partial charge in [0.15, 0.2) is 0 Å². The van der Waals surface area contributed by atoms with Crippen LogP contribution in [-0.4, -0.2) is 22.9 Å². The highest BCUT2D eigenvalue weighted by atomic mass is 16.5. The third-order valence-electron chi connectivity index (χ3n) is 3.93. The summed E-state index contributed by atoms with van der Waals surface area (Å²) in [6.07, 6.45) is 0. The van der Waals surface area contributed by atoms with Crippen molar-refractivity contribution in [2.45, 2.75) is 33.4 Å². The van der Waals surface area contributed by atoms with Gasteiger partial charge in [0.1, 0.15) is 5.75 Å². The largest absolute Gasteiger partial charge is 0.497 e. The molecule has 1 unspecified atom stereocenters. The van der Waals surface area contributed by atoms with Crippen molar-refractivity contribution in [1.29, 1.82) is 0 Å². The number of aryl methyl sites for hydroxylation is 2. The van der Waals surface area contributed by atoms with Crippen LogP contribution in [0.25, 0.3) is 0 Å². The molecular formula is C17H24N4O2. The maximum Gasteiger partial charge on any atom is 0.315 e. The third kappa shape index (κ3) is 4.03. The number of amides is 2. The third-order valence-corrected chi connectivity index (χ3v) is 3.93. The van der Waals surface area contributed by atoms with Gasteiger partial charge in [-0.05, 0) is 38.5 Å². The second-order valence-electron chi connectivity index (χ2n) is 5.61. The van der Waals surface area contributed by atoms with Gasteiger partial charge in [0.25, 0.3) is 0 Å². The van der Waals surface area contributed by atoms with Gasteiger partial charge in [-0.1, -0.05) is 12.1 Å². The van der Waals surface area contributed by atoms with E-state index in [4.69, 9.17) is 4.74 Å². The molecule has 1 atom stereocenters. The number of carbonyl (C=O) groups is 1. The van der Waals surface area contributed by atoms with Gasteiger partial charge in [-0.25, -0.2) is 4.79 Å². The maximum atomic E-state index is 12.1. The maximum absolute atomic E-state index is 12.1. The van der Waals surface area contributed by atoms with Crippen LogP contribution in [0.5, 0.6) is 5.75 Å². The van der Waals surface area contributed by atoms with E-state index >= 15 is 0 Å². The Kier molecular flexibility index (Phi) is 5.26. The summed E-state index contributed by atoms with van der Waals surface area (Å²) in [6.45, 7) is 6.36. The number of nitrogens with one attached hydrogen (secondary N) is 2. The van der Waals surface area contributed by atoms with Gasteiger partial charge < -0.3 is 15.4 Å². The number of ether oxygens (including phenoxy) is 1. The fourth-order valence-corrected chi connectivity index (χ4v) is 2.70. The van der Waals surface area contributed by atoms with Crippen molar-refractivity contribution in [2.75, 3.05) is 7.11 Å². The smallest absolute Gasteiger partial charge is 0.315 e. The van der Waals surface area contributed by atoms with E-state index < -0.39 is 0 Å². The Morgan fingerprint density at radius 1 is 1.39 bits per heavy atom. The molecule has 6 heteroatoms. The molecule has 6 nitrogen and oxygen atoms in total. The first-order valence-electron chi connectivity index (χ1n) is 7.59. The molecule has 1 aromatic heterocycles. The molecule has 0 spiro atoms. The number of urea groups is 1. The molecule has 2 amide bonds. The summed E-state index contributed by atoms with van der Waals surface area (Å²) in [5.74, 6) is 0.777. The molecule has 2 N–H and O–H groups in total. The molecule has 0 radical (unpaired) electrons. The van der Waals surface area contributed by atoms with Gasteiger partial charge in [0, 0.05) is 24.8 Å². The van der Waals surface area contributed by atoms with Crippen LogP contribution >= 0.6 is 0 Å². The van der Waals surface area contributed by atoms with Crippen molar-refractivity contribution >= 4 is 6.03 Å². The van der Waals surface area contributed by atoms with Gasteiger partial charge in [-0.3, -0.25) is 4.68 Å². The van der Waals surface area contributed by atoms with E-state index in [2.05, 4.69) is 15.7 Å². The van der Waals surface area contributed by atoms with E-state index in [9.17, 15) is 4.79 Å². The van der Waals surface area contributed by atoms with Crippen LogP contribution in [0.2, 0.25) is 0 Å². The van der Waals surface area contributed by atoms with Gasteiger partial charge >= 0.3 is 6.03 Å². The topological polar surface area (TPSA) is 68.2 Å². The van der Waals surface area contributed by atoms with Gasteiger partial charge in [-0.15, -0.1) is 0 Å². The highest BCUT2D eigenvalue weighted by Crippen LogP contribution is 2.20. The first-order chi connectivity index (χ1) is 10.9. The van der Waals surface area contributed by atoms with E-state index in [1.807, 2.05) is 56.8 Å². The summed E-state index contributed by atoms with van der Waals surface area (Å²) in [4.78, 5) is 12.1. The van der Waals surface area contributed by atoms with Crippen molar-refractivity contribution in [1.82, 2.24) is 20.4 Å². The van der Waals surface area contributed by atoms with Crippen LogP contribution in [0.1, 0.15) is 35.5 Å². The fraction of sp³-hybridized carbons (Fsp3) is 0.412. The predicted molar refractivity (Wildman–Crippen MR) is 89.5 cm³/mol. The van der Waals surface area contributed by atoms with E-state index in [0.717, 1.165) is 28.3 Å². The van der Waals surface area contributed by atoms with Crippen LogP contribution in [0, 0.1) is 13.8 Å². The second kappa shape index (κ2) is 7.17. The standard InChI is InChI=1S/C17H24N4O2/c1-11(16-12(2)20-21(4)13(16)3)19-17(22)18-10-14-7-6-8-15(9-14)23-5/h6-9,11H,10H2,1-5H3,(H2,18,19,22). The monoisotopic (exact) mass is 316 g/mol. The lowest BCUT2D eigenvalue weighted by Crippen LogP contribution is -2.36. The Morgan fingerprint density at radius 2 is 2.13 bits per heavy atom. The summed E-state index contributed by atoms with van der Waals surface area (Å²) in [5.41, 5.74) is 4.04. The summed E-state index contributed by atoms with van der Waals surface area (Å²) in [6, 6.07) is 7.32. The fourth-order valence-electron chi connectivity index (χ4n) is 2.70. The Bertz CT molecular complexity index is 694. The van der Waals surface area contributed by atoms with E-state index in [0.29, 0.717) is 6.54 Å². The minimum absolute atomic E-state index is 0.103. The zero-order valence-corrected chi connectivity index (χ0v) is 14.3. The minimum Gasteiger partial charge on any atom is -0.497 e. The SMILES string of the molecule is COc1cccc(CNC(=O)NC(C)c2c(C)nn(C)c2C)c1. The highest BCUT2D eigenvalue weighted by Gasteiger charge is 2.17. The van der Waals surface area contributed by atoms with Crippen LogP contribution in [0.4, 0.5) is 4.79 Å². The molecule has 0 aliphatic heterocycles. The Balaban J connectivity index is 1.94. The van der Waals surface area contributed by atoms with Crippen molar-refractivity contribution in [2.24, 2.45) is 7.05 Å². The molecule has 0 bridgehead atoms. The number of carbonyl (C=O) groups excluding carboxylic acids is 1. The molecule has 23 heavy (non-hydrogen) atoms. The number of benzene rings is 1. The van der Waals surface area contributed by atoms with Gasteiger partial charge in [-0.2, -0.15) is 5.10 Å². The summed E-state index contributed by atoms with van der Waals surface area (Å²) in [7, 11) is 3.53. The molecule has 0 saturated heterocycles. The number of rotatable bonds is 5. The number of hydrogen-bond donors (Lipinski definition) is 2. The summed E-state index contributed by atoms with van der Waals surface area (Å²) in [5, 5.41) is 10.2. The molecule has 1 aromatic carbocycles. The zero-order valence-electron chi connectivity index (χ0n) is 14.3. The van der Waals surface area contributed by atoms with Gasteiger partial charge in [0.2, 0.25) is 0 Å². The zero-order chi connectivity index (χ0) is 17.0. The Hall–Kier alpha value is -2.50. The van der Waals surface area contributed by atoms with Crippen LogP contribution < -0.4 is 15.4 Å². The molecule has 1 heterocycles. The molecule has 124 valence electrons. The van der Waals surface area contributed by atoms with E-state index in [-0.39, 0.29) is 12.1 Å². The molecule has 2 aromatic rings. The summed E-state index contributed by atoms with van der Waals surface area (Å²) < 4.78 is 7.01. The lowest BCUT2D eigenvalue weighted by molar-refractivity contribution is 0.237. The first-order valence-corrected chi connectivity index (χ1v) is 7.59. The lowest BCUT2D eigenvalue weighted by atomic mass is 10.1. The summed E-state index contributed by atoms with van der Waals surface area (Å²) >= 11 is 0. The molecule has 0 aliphatic rings. The number of nitrogens with zero attached hydrogens (tertiary/aromatic N) is 2. The quantitative estimate of drug-likeness (QED) is 0.891. The van der Waals surface area contributed by atoms with Crippen molar-refractivity contribution in [3.63, 3.8) is 0 Å². The first kappa shape index (κ1) is 16.9. The molecule has 0 aliphatic carbocycles. The number of hydrogen-bond acceptors (Lipinski definition) is 3. The van der Waals surface area contributed by atoms with Crippen LogP contribution in [0.3, 0.4) is 0 Å². The highest BCUT2D eigenvalue weighted by molar-refractivity contribution is 5.74. The van der Waals surface area contributed by atoms with Crippen LogP contribution in [0.15, 0.2) is 24.3 Å². The number of aromatic nitrogens is 2. The lowest BCUT2D eigenvalue weighted by Gasteiger charge is -2.15. The molecular weight excluding hydrogens is 292 g/mol. The average Bonchev–Trinajstić information content (AvgIpc) is 2.78. The van der Waals surface area contributed by atoms with E-state index in [1.54, 1.807) is 7.11 Å². The second-order valence-corrected chi connectivity index (χ2v) is 5.61. The van der Waals surface area contributed by atoms with Crippen molar-refractivity contribution in [3.05, 3.63) is 46.8 Å². The van der Waals surface area contributed by atoms with Gasteiger partial charge in [0.05, 0.1) is 18.8 Å². The van der Waals surface area contributed by atoms with Crippen molar-refractivity contribution < 1.29 is 9.53 Å². The van der Waals surface area contributed by atoms with E-state index in [1.165, 1.54) is 0 Å². The minimum atomic E-state index is -0.206. The number of methoxy groups -OCH3 is 1. The normalized spacial score (nSPS) is 11.9. The Labute approximate surface area is 136 Å². The molecule has 2 rings (SSSR count). The Morgan fingerprint density at radius 3 is 2.74 bits per heavy atom. The molecule has 0 fully saturated rings. The predicted octanol–water partition coefficient (Wildman–Crippen LogP) is 2.61.